The average Bonchev–Trinajstić information content (AvgIpc) is 2.41. The third-order valence-electron chi connectivity index (χ3n) is 2.42. The Bertz CT molecular complexity index is 679. The lowest BCUT2D eigenvalue weighted by molar-refractivity contribution is 0.102. The van der Waals surface area contributed by atoms with Crippen molar-refractivity contribution in [2.45, 2.75) is 0 Å². The molecule has 0 aliphatic heterocycles. The highest BCUT2D eigenvalue weighted by molar-refractivity contribution is 14.1. The van der Waals surface area contributed by atoms with Crippen LogP contribution in [0.2, 0.25) is 5.02 Å². The van der Waals surface area contributed by atoms with Gasteiger partial charge in [-0.25, -0.2) is 0 Å². The molecule has 2 rings (SSSR count). The maximum absolute atomic E-state index is 12.1. The van der Waals surface area contributed by atoms with Crippen molar-refractivity contribution in [3.8, 4) is 6.07 Å². The van der Waals surface area contributed by atoms with Gasteiger partial charge in [-0.3, -0.25) is 4.79 Å². The van der Waals surface area contributed by atoms with Crippen molar-refractivity contribution in [2.75, 3.05) is 5.32 Å². The van der Waals surface area contributed by atoms with E-state index in [0.29, 0.717) is 21.8 Å². The Kier molecular flexibility index (Phi) is 4.40. The van der Waals surface area contributed by atoms with E-state index in [-0.39, 0.29) is 5.91 Å². The highest BCUT2D eigenvalue weighted by Crippen LogP contribution is 2.19. The molecule has 2 aromatic rings. The maximum atomic E-state index is 12.1. The van der Waals surface area contributed by atoms with Gasteiger partial charge >= 0.3 is 0 Å². The van der Waals surface area contributed by atoms with E-state index in [4.69, 9.17) is 16.9 Å². The Morgan fingerprint density at radius 3 is 2.79 bits per heavy atom. The normalized spacial score (nSPS) is 9.74. The Labute approximate surface area is 129 Å². The zero-order chi connectivity index (χ0) is 13.8. The lowest BCUT2D eigenvalue weighted by atomic mass is 10.2. The summed E-state index contributed by atoms with van der Waals surface area (Å²) >= 11 is 7.96. The molecule has 0 unspecified atom stereocenters. The second-order valence-electron chi connectivity index (χ2n) is 3.77. The third kappa shape index (κ3) is 3.46. The number of anilines is 1. The van der Waals surface area contributed by atoms with Gasteiger partial charge in [0, 0.05) is 14.3 Å². The Morgan fingerprint density at radius 1 is 1.26 bits per heavy atom. The highest BCUT2D eigenvalue weighted by atomic mass is 127. The lowest BCUT2D eigenvalue weighted by Crippen LogP contribution is -2.13. The predicted molar refractivity (Wildman–Crippen MR) is 83.3 cm³/mol. The number of rotatable bonds is 2. The number of hydrogen-bond donors (Lipinski definition) is 1. The molecule has 0 saturated carbocycles. The zero-order valence-electron chi connectivity index (χ0n) is 9.65. The van der Waals surface area contributed by atoms with E-state index in [2.05, 4.69) is 27.9 Å². The molecule has 5 heteroatoms. The van der Waals surface area contributed by atoms with E-state index in [1.165, 1.54) is 0 Å². The molecule has 94 valence electrons. The summed E-state index contributed by atoms with van der Waals surface area (Å²) < 4.78 is 0.816. The minimum Gasteiger partial charge on any atom is -0.322 e. The minimum atomic E-state index is -0.248. The van der Waals surface area contributed by atoms with Crippen molar-refractivity contribution in [3.63, 3.8) is 0 Å². The van der Waals surface area contributed by atoms with Crippen LogP contribution < -0.4 is 5.32 Å². The van der Waals surface area contributed by atoms with Crippen LogP contribution in [-0.4, -0.2) is 5.91 Å². The van der Waals surface area contributed by atoms with Gasteiger partial charge in [-0.1, -0.05) is 17.7 Å². The number of hydrogen-bond acceptors (Lipinski definition) is 2. The van der Waals surface area contributed by atoms with Crippen LogP contribution in [0.5, 0.6) is 0 Å². The first-order valence-electron chi connectivity index (χ1n) is 5.37. The standard InChI is InChI=1S/C14H8ClIN2O/c15-10-4-5-13(16)12(7-10)14(19)18-11-3-1-2-9(6-11)8-17/h1-7H,(H,18,19). The van der Waals surface area contributed by atoms with Gasteiger partial charge in [0.15, 0.2) is 0 Å². The zero-order valence-corrected chi connectivity index (χ0v) is 12.6. The molecule has 0 aliphatic rings. The van der Waals surface area contributed by atoms with Crippen molar-refractivity contribution in [2.24, 2.45) is 0 Å². The van der Waals surface area contributed by atoms with E-state index in [0.717, 1.165) is 3.57 Å². The van der Waals surface area contributed by atoms with Crippen LogP contribution in [0, 0.1) is 14.9 Å². The predicted octanol–water partition coefficient (Wildman–Crippen LogP) is 4.07. The van der Waals surface area contributed by atoms with Crippen molar-refractivity contribution in [1.82, 2.24) is 0 Å². The molecule has 0 saturated heterocycles. The molecule has 3 nitrogen and oxygen atoms in total. The van der Waals surface area contributed by atoms with E-state index >= 15 is 0 Å². The topological polar surface area (TPSA) is 52.9 Å². The highest BCUT2D eigenvalue weighted by Gasteiger charge is 2.11. The first-order valence-corrected chi connectivity index (χ1v) is 6.82. The van der Waals surface area contributed by atoms with Gasteiger partial charge in [-0.15, -0.1) is 0 Å². The van der Waals surface area contributed by atoms with Gasteiger partial charge in [0.1, 0.15) is 0 Å². The van der Waals surface area contributed by atoms with E-state index < -0.39 is 0 Å². The van der Waals surface area contributed by atoms with Gasteiger partial charge < -0.3 is 5.32 Å². The molecule has 0 fully saturated rings. The number of carbonyl (C=O) groups excluding carboxylic acids is 1. The number of nitriles is 1. The maximum Gasteiger partial charge on any atom is 0.256 e. The van der Waals surface area contributed by atoms with E-state index in [1.807, 2.05) is 6.07 Å². The lowest BCUT2D eigenvalue weighted by Gasteiger charge is -2.07. The summed E-state index contributed by atoms with van der Waals surface area (Å²) in [6.07, 6.45) is 0. The fraction of sp³-hybridized carbons (Fsp3) is 0. The number of carbonyl (C=O) groups is 1. The molecule has 1 amide bonds. The Morgan fingerprint density at radius 2 is 2.05 bits per heavy atom. The van der Waals surface area contributed by atoms with Crippen LogP contribution in [-0.2, 0) is 0 Å². The molecule has 2 aromatic carbocycles. The summed E-state index contributed by atoms with van der Waals surface area (Å²) in [6.45, 7) is 0. The quantitative estimate of drug-likeness (QED) is 0.796. The molecule has 0 spiro atoms. The molecule has 19 heavy (non-hydrogen) atoms. The average molecular weight is 383 g/mol. The molecular formula is C14H8ClIN2O. The monoisotopic (exact) mass is 382 g/mol. The van der Waals surface area contributed by atoms with Crippen LogP contribution in [0.25, 0.3) is 0 Å². The molecule has 0 radical (unpaired) electrons. The van der Waals surface area contributed by atoms with Gasteiger partial charge in [-0.2, -0.15) is 5.26 Å². The van der Waals surface area contributed by atoms with Crippen LogP contribution in [0.15, 0.2) is 42.5 Å². The summed E-state index contributed by atoms with van der Waals surface area (Å²) in [6, 6.07) is 13.9. The fourth-order valence-electron chi connectivity index (χ4n) is 1.54. The first-order chi connectivity index (χ1) is 9.10. The van der Waals surface area contributed by atoms with Crippen molar-refractivity contribution in [1.29, 1.82) is 5.26 Å². The number of nitrogens with one attached hydrogen (secondary N) is 1. The smallest absolute Gasteiger partial charge is 0.256 e. The fourth-order valence-corrected chi connectivity index (χ4v) is 2.29. The van der Waals surface area contributed by atoms with Crippen LogP contribution >= 0.6 is 34.2 Å². The van der Waals surface area contributed by atoms with Gasteiger partial charge in [-0.05, 0) is 59.0 Å². The number of halogens is 2. The molecular weight excluding hydrogens is 375 g/mol. The van der Waals surface area contributed by atoms with Crippen molar-refractivity contribution >= 4 is 45.8 Å². The van der Waals surface area contributed by atoms with Gasteiger partial charge in [0.05, 0.1) is 17.2 Å². The second-order valence-corrected chi connectivity index (χ2v) is 5.37. The third-order valence-corrected chi connectivity index (χ3v) is 3.60. The molecule has 0 atom stereocenters. The second kappa shape index (κ2) is 6.04. The molecule has 0 aliphatic carbocycles. The molecule has 0 aromatic heterocycles. The molecule has 0 bridgehead atoms. The largest absolute Gasteiger partial charge is 0.322 e. The first kappa shape index (κ1) is 13.8. The van der Waals surface area contributed by atoms with Crippen LogP contribution in [0.1, 0.15) is 15.9 Å². The molecule has 0 heterocycles. The summed E-state index contributed by atoms with van der Waals surface area (Å²) in [5, 5.41) is 12.1. The summed E-state index contributed by atoms with van der Waals surface area (Å²) in [7, 11) is 0. The Balaban J connectivity index is 2.26. The molecule has 1 N–H and O–H groups in total. The Hall–Kier alpha value is -1.58. The minimum absolute atomic E-state index is 0.248. The van der Waals surface area contributed by atoms with E-state index in [9.17, 15) is 4.79 Å². The number of benzene rings is 2. The van der Waals surface area contributed by atoms with E-state index in [1.54, 1.807) is 42.5 Å². The van der Waals surface area contributed by atoms with Crippen LogP contribution in [0.3, 0.4) is 0 Å². The summed E-state index contributed by atoms with van der Waals surface area (Å²) in [5.41, 5.74) is 1.59. The van der Waals surface area contributed by atoms with Crippen molar-refractivity contribution in [3.05, 3.63) is 62.2 Å². The van der Waals surface area contributed by atoms with Crippen LogP contribution in [0.4, 0.5) is 5.69 Å². The van der Waals surface area contributed by atoms with Crippen molar-refractivity contribution < 1.29 is 4.79 Å². The van der Waals surface area contributed by atoms with Gasteiger partial charge in [0.2, 0.25) is 0 Å². The van der Waals surface area contributed by atoms with Gasteiger partial charge in [0.25, 0.3) is 5.91 Å². The summed E-state index contributed by atoms with van der Waals surface area (Å²) in [4.78, 5) is 12.1. The summed E-state index contributed by atoms with van der Waals surface area (Å²) in [5.74, 6) is -0.248. The SMILES string of the molecule is N#Cc1cccc(NC(=O)c2cc(Cl)ccc2I)c1. The number of nitrogens with zero attached hydrogens (tertiary/aromatic N) is 1. The number of amides is 1.